The Morgan fingerprint density at radius 1 is 1.33 bits per heavy atom. The number of hydrogen-bond donors (Lipinski definition) is 3. The maximum Gasteiger partial charge on any atom is 0.242 e. The molecule has 1 amide bonds. The normalized spacial score (nSPS) is 11.8. The number of aromatic hydroxyl groups is 1. The number of fused-ring (bicyclic) bond motifs is 1. The molecular weight excluding hydrogens is 326 g/mol. The summed E-state index contributed by atoms with van der Waals surface area (Å²) in [4.78, 5) is 15.4. The highest BCUT2D eigenvalue weighted by Gasteiger charge is 2.20. The highest BCUT2D eigenvalue weighted by molar-refractivity contribution is 6.31. The molecule has 3 rings (SSSR count). The Morgan fingerprint density at radius 2 is 2.17 bits per heavy atom. The third-order valence-corrected chi connectivity index (χ3v) is 3.97. The number of carbonyl (C=O) groups is 1. The highest BCUT2D eigenvalue weighted by Crippen LogP contribution is 2.24. The molecule has 3 N–H and O–H groups in total. The van der Waals surface area contributed by atoms with Gasteiger partial charge in [0.1, 0.15) is 11.7 Å². The van der Waals surface area contributed by atoms with Crippen molar-refractivity contribution in [3.05, 3.63) is 59.2 Å². The van der Waals surface area contributed by atoms with Crippen LogP contribution >= 0.6 is 11.6 Å². The van der Waals surface area contributed by atoms with Gasteiger partial charge >= 0.3 is 0 Å². The van der Waals surface area contributed by atoms with Crippen molar-refractivity contribution in [1.29, 1.82) is 5.26 Å². The number of rotatable bonds is 4. The number of aromatic nitrogens is 1. The Labute approximate surface area is 143 Å². The summed E-state index contributed by atoms with van der Waals surface area (Å²) in [6.07, 6.45) is 2.07. The molecule has 3 aromatic rings. The van der Waals surface area contributed by atoms with Crippen LogP contribution in [0.1, 0.15) is 5.56 Å². The monoisotopic (exact) mass is 339 g/mol. The SMILES string of the molecule is N#C[C@@H](Cc1c[nH]c2cc(Cl)ccc12)C(=O)Nc1cccc(O)c1. The van der Waals surface area contributed by atoms with Gasteiger partial charge in [0.25, 0.3) is 0 Å². The summed E-state index contributed by atoms with van der Waals surface area (Å²) in [6, 6.07) is 13.7. The molecule has 120 valence electrons. The molecule has 6 heteroatoms. The van der Waals surface area contributed by atoms with E-state index in [4.69, 9.17) is 11.6 Å². The van der Waals surface area contributed by atoms with Crippen LogP contribution in [0.5, 0.6) is 5.75 Å². The molecule has 0 aliphatic rings. The van der Waals surface area contributed by atoms with Crippen LogP contribution in [0.15, 0.2) is 48.7 Å². The van der Waals surface area contributed by atoms with Gasteiger partial charge in [-0.3, -0.25) is 4.79 Å². The zero-order valence-electron chi connectivity index (χ0n) is 12.6. The molecule has 0 fully saturated rings. The number of hydrogen-bond acceptors (Lipinski definition) is 3. The van der Waals surface area contributed by atoms with E-state index in [1.807, 2.05) is 12.1 Å². The highest BCUT2D eigenvalue weighted by atomic mass is 35.5. The van der Waals surface area contributed by atoms with Gasteiger partial charge in [-0.25, -0.2) is 0 Å². The Balaban J connectivity index is 1.78. The molecule has 0 unspecified atom stereocenters. The molecule has 0 aliphatic carbocycles. The van der Waals surface area contributed by atoms with Gasteiger partial charge in [-0.2, -0.15) is 5.26 Å². The van der Waals surface area contributed by atoms with Crippen molar-refractivity contribution in [2.45, 2.75) is 6.42 Å². The topological polar surface area (TPSA) is 88.9 Å². The number of carbonyl (C=O) groups excluding carboxylic acids is 1. The standard InChI is InChI=1S/C18H14ClN3O2/c19-13-4-5-16-12(10-21-17(16)7-13)6-11(9-20)18(24)22-14-2-1-3-15(23)8-14/h1-5,7-8,10-11,21,23H,6H2,(H,22,24)/t11-/m1/s1. The van der Waals surface area contributed by atoms with E-state index in [9.17, 15) is 15.2 Å². The second-order valence-corrected chi connectivity index (χ2v) is 5.87. The molecule has 1 heterocycles. The lowest BCUT2D eigenvalue weighted by Crippen LogP contribution is -2.23. The summed E-state index contributed by atoms with van der Waals surface area (Å²) < 4.78 is 0. The van der Waals surface area contributed by atoms with Gasteiger partial charge in [0.05, 0.1) is 6.07 Å². The lowest BCUT2D eigenvalue weighted by Gasteiger charge is -2.10. The number of amides is 1. The molecule has 24 heavy (non-hydrogen) atoms. The van der Waals surface area contributed by atoms with Crippen molar-refractivity contribution in [1.82, 2.24) is 4.98 Å². The van der Waals surface area contributed by atoms with Gasteiger partial charge < -0.3 is 15.4 Å². The number of phenolic OH excluding ortho intramolecular Hbond substituents is 1. The van der Waals surface area contributed by atoms with E-state index in [-0.39, 0.29) is 12.2 Å². The maximum absolute atomic E-state index is 12.3. The average Bonchev–Trinajstić information content (AvgIpc) is 2.94. The molecule has 0 spiro atoms. The van der Waals surface area contributed by atoms with Crippen LogP contribution in [-0.4, -0.2) is 16.0 Å². The molecule has 5 nitrogen and oxygen atoms in total. The number of benzene rings is 2. The van der Waals surface area contributed by atoms with Crippen molar-refractivity contribution in [2.75, 3.05) is 5.32 Å². The first-order chi connectivity index (χ1) is 11.6. The summed E-state index contributed by atoms with van der Waals surface area (Å²) in [5.41, 5.74) is 2.19. The number of aromatic amines is 1. The second-order valence-electron chi connectivity index (χ2n) is 5.43. The molecule has 0 saturated carbocycles. The zero-order valence-corrected chi connectivity index (χ0v) is 13.3. The zero-order chi connectivity index (χ0) is 17.1. The van der Waals surface area contributed by atoms with Gasteiger partial charge in [0.15, 0.2) is 0 Å². The summed E-state index contributed by atoms with van der Waals surface area (Å²) in [5, 5.41) is 23.0. The number of nitrogens with zero attached hydrogens (tertiary/aromatic N) is 1. The average molecular weight is 340 g/mol. The first kappa shape index (κ1) is 15.9. The third kappa shape index (κ3) is 3.34. The lowest BCUT2D eigenvalue weighted by atomic mass is 9.99. The smallest absolute Gasteiger partial charge is 0.242 e. The quantitative estimate of drug-likeness (QED) is 0.674. The molecular formula is C18H14ClN3O2. The fourth-order valence-corrected chi connectivity index (χ4v) is 2.73. The van der Waals surface area contributed by atoms with Gasteiger partial charge in [-0.05, 0) is 36.2 Å². The van der Waals surface area contributed by atoms with E-state index < -0.39 is 11.8 Å². The minimum absolute atomic E-state index is 0.0508. The van der Waals surface area contributed by atoms with Gasteiger partial charge in [0.2, 0.25) is 5.91 Å². The molecule has 0 aliphatic heterocycles. The van der Waals surface area contributed by atoms with E-state index in [0.29, 0.717) is 10.7 Å². The molecule has 0 radical (unpaired) electrons. The number of H-pyrrole nitrogens is 1. The van der Waals surface area contributed by atoms with Gasteiger partial charge in [0, 0.05) is 33.9 Å². The summed E-state index contributed by atoms with van der Waals surface area (Å²) in [7, 11) is 0. The van der Waals surface area contributed by atoms with E-state index >= 15 is 0 Å². The van der Waals surface area contributed by atoms with Crippen LogP contribution < -0.4 is 5.32 Å². The first-order valence-electron chi connectivity index (χ1n) is 7.32. The van der Waals surface area contributed by atoms with E-state index in [0.717, 1.165) is 16.5 Å². The van der Waals surface area contributed by atoms with Gasteiger partial charge in [-0.15, -0.1) is 0 Å². The lowest BCUT2D eigenvalue weighted by molar-refractivity contribution is -0.118. The number of anilines is 1. The fourth-order valence-electron chi connectivity index (χ4n) is 2.56. The van der Waals surface area contributed by atoms with Gasteiger partial charge in [-0.1, -0.05) is 23.7 Å². The van der Waals surface area contributed by atoms with Crippen molar-refractivity contribution in [3.63, 3.8) is 0 Å². The van der Waals surface area contributed by atoms with E-state index in [2.05, 4.69) is 10.3 Å². The summed E-state index contributed by atoms with van der Waals surface area (Å²) >= 11 is 5.96. The summed E-state index contributed by atoms with van der Waals surface area (Å²) in [5.74, 6) is -1.21. The van der Waals surface area contributed by atoms with Crippen LogP contribution in [0.4, 0.5) is 5.69 Å². The van der Waals surface area contributed by atoms with Crippen molar-refractivity contribution < 1.29 is 9.90 Å². The molecule has 2 aromatic carbocycles. The van der Waals surface area contributed by atoms with E-state index in [1.165, 1.54) is 12.1 Å². The Hall–Kier alpha value is -2.97. The van der Waals surface area contributed by atoms with Crippen LogP contribution in [0, 0.1) is 17.2 Å². The Bertz CT molecular complexity index is 943. The van der Waals surface area contributed by atoms with E-state index in [1.54, 1.807) is 30.5 Å². The Morgan fingerprint density at radius 3 is 2.92 bits per heavy atom. The van der Waals surface area contributed by atoms with Crippen molar-refractivity contribution in [2.24, 2.45) is 5.92 Å². The molecule has 1 atom stereocenters. The number of halogens is 1. The predicted molar refractivity (Wildman–Crippen MR) is 92.9 cm³/mol. The predicted octanol–water partition coefficient (Wildman–Crippen LogP) is 3.85. The van der Waals surface area contributed by atoms with Crippen molar-refractivity contribution in [3.8, 4) is 11.8 Å². The number of nitrogens with one attached hydrogen (secondary N) is 2. The largest absolute Gasteiger partial charge is 0.508 e. The van der Waals surface area contributed by atoms with Crippen LogP contribution in [-0.2, 0) is 11.2 Å². The molecule has 1 aromatic heterocycles. The van der Waals surface area contributed by atoms with Crippen LogP contribution in [0.3, 0.4) is 0 Å². The number of nitriles is 1. The minimum Gasteiger partial charge on any atom is -0.508 e. The maximum atomic E-state index is 12.3. The third-order valence-electron chi connectivity index (χ3n) is 3.74. The minimum atomic E-state index is -0.845. The van der Waals surface area contributed by atoms with Crippen LogP contribution in [0.25, 0.3) is 10.9 Å². The second kappa shape index (κ2) is 6.65. The Kier molecular flexibility index (Phi) is 4.41. The first-order valence-corrected chi connectivity index (χ1v) is 7.69. The van der Waals surface area contributed by atoms with Crippen LogP contribution in [0.2, 0.25) is 5.02 Å². The number of phenols is 1. The molecule has 0 saturated heterocycles. The summed E-state index contributed by atoms with van der Waals surface area (Å²) in [6.45, 7) is 0. The fraction of sp³-hybridized carbons (Fsp3) is 0.111. The molecule has 0 bridgehead atoms. The van der Waals surface area contributed by atoms with Crippen molar-refractivity contribution >= 4 is 34.1 Å².